The Labute approximate surface area is 266 Å². The Morgan fingerprint density at radius 2 is 1.69 bits per heavy atom. The average Bonchev–Trinajstić information content (AvgIpc) is 3.46. The Kier molecular flexibility index (Phi) is 10.3. The Morgan fingerprint density at radius 1 is 1.00 bits per heavy atom. The second-order valence-electron chi connectivity index (χ2n) is 11.0. The summed E-state index contributed by atoms with van der Waals surface area (Å²) in [5.74, 6) is -0.856. The summed E-state index contributed by atoms with van der Waals surface area (Å²) in [6, 6.07) is 21.5. The average molecular weight is 628 g/mol. The first kappa shape index (κ1) is 31.5. The van der Waals surface area contributed by atoms with Crippen LogP contribution in [0.3, 0.4) is 0 Å². The number of anilines is 2. The minimum absolute atomic E-state index is 0.00268. The van der Waals surface area contributed by atoms with Crippen molar-refractivity contribution in [1.82, 2.24) is 15.0 Å². The predicted octanol–water partition coefficient (Wildman–Crippen LogP) is 5.25. The van der Waals surface area contributed by atoms with Gasteiger partial charge in [0.25, 0.3) is 11.8 Å². The number of methoxy groups -OCH3 is 1. The summed E-state index contributed by atoms with van der Waals surface area (Å²) < 4.78 is 9.60. The van der Waals surface area contributed by atoms with Crippen LogP contribution >= 0.6 is 11.5 Å². The van der Waals surface area contributed by atoms with Gasteiger partial charge in [0, 0.05) is 18.3 Å². The molecule has 11 heteroatoms. The molecular formula is C34H37N5O5S. The van der Waals surface area contributed by atoms with Gasteiger partial charge in [-0.1, -0.05) is 61.7 Å². The molecule has 1 fully saturated rings. The molecule has 1 aromatic heterocycles. The van der Waals surface area contributed by atoms with Gasteiger partial charge in [-0.3, -0.25) is 19.3 Å². The number of phenolic OH excluding ortho intramolecular Hbond substituents is 1. The molecule has 3 amide bonds. The lowest BCUT2D eigenvalue weighted by molar-refractivity contribution is -0.122. The molecule has 1 unspecified atom stereocenters. The van der Waals surface area contributed by atoms with Crippen LogP contribution in [0.2, 0.25) is 0 Å². The number of carbonyl (C=O) groups is 3. The lowest BCUT2D eigenvalue weighted by Gasteiger charge is -2.31. The second kappa shape index (κ2) is 14.7. The molecule has 1 saturated carbocycles. The van der Waals surface area contributed by atoms with Crippen LogP contribution in [-0.2, 0) is 11.2 Å². The molecule has 4 aromatic rings. The van der Waals surface area contributed by atoms with Crippen LogP contribution in [-0.4, -0.2) is 46.9 Å². The number of aromatic nitrogens is 1. The number of nitrogen functional groups attached to an aromatic ring is 1. The number of amides is 3. The van der Waals surface area contributed by atoms with E-state index in [-0.39, 0.29) is 28.0 Å². The standard InChI is InChI=1S/C34H37N5O5S/c1-44-27-18-14-25(15-19-27)39(34(43)31-28(35)29(38-45-31)32(41)37-24-10-6-3-7-11-24)30(23-12-16-26(40)17-13-23)33(42)36-21-20-22-8-4-2-5-9-22/h2,4-5,8-9,12-19,24,30,40H,3,6-7,10-11,20-21,35H2,1H3,(H,36,42)(H,37,41). The van der Waals surface area contributed by atoms with Crippen LogP contribution in [0.5, 0.6) is 11.5 Å². The van der Waals surface area contributed by atoms with E-state index in [1.54, 1.807) is 36.4 Å². The number of aromatic hydroxyl groups is 1. The summed E-state index contributed by atoms with van der Waals surface area (Å²) in [6.45, 7) is 0.330. The van der Waals surface area contributed by atoms with Crippen molar-refractivity contribution in [2.24, 2.45) is 0 Å². The lowest BCUT2D eigenvalue weighted by atomic mass is 9.95. The van der Waals surface area contributed by atoms with Gasteiger partial charge in [0.2, 0.25) is 5.91 Å². The number of nitrogens with zero attached hydrogens (tertiary/aromatic N) is 2. The first-order valence-corrected chi connectivity index (χ1v) is 15.8. The highest BCUT2D eigenvalue weighted by atomic mass is 32.1. The van der Waals surface area contributed by atoms with Crippen molar-refractivity contribution in [2.75, 3.05) is 24.3 Å². The van der Waals surface area contributed by atoms with E-state index in [9.17, 15) is 19.5 Å². The van der Waals surface area contributed by atoms with Crippen LogP contribution in [0, 0.1) is 0 Å². The van der Waals surface area contributed by atoms with Crippen molar-refractivity contribution in [3.8, 4) is 11.5 Å². The van der Waals surface area contributed by atoms with Gasteiger partial charge in [-0.15, -0.1) is 0 Å². The summed E-state index contributed by atoms with van der Waals surface area (Å²) >= 11 is 0.824. The van der Waals surface area contributed by atoms with Crippen molar-refractivity contribution >= 4 is 40.6 Å². The molecule has 0 aliphatic heterocycles. The van der Waals surface area contributed by atoms with Crippen molar-refractivity contribution in [1.29, 1.82) is 0 Å². The highest BCUT2D eigenvalue weighted by molar-refractivity contribution is 7.09. The lowest BCUT2D eigenvalue weighted by Crippen LogP contribution is -2.44. The molecule has 3 aromatic carbocycles. The molecule has 10 nitrogen and oxygen atoms in total. The van der Waals surface area contributed by atoms with E-state index in [1.807, 2.05) is 30.3 Å². The van der Waals surface area contributed by atoms with E-state index in [2.05, 4.69) is 15.0 Å². The smallest absolute Gasteiger partial charge is 0.273 e. The molecule has 0 radical (unpaired) electrons. The van der Waals surface area contributed by atoms with E-state index in [0.717, 1.165) is 49.2 Å². The highest BCUT2D eigenvalue weighted by Crippen LogP contribution is 2.34. The van der Waals surface area contributed by atoms with Crippen molar-refractivity contribution in [3.63, 3.8) is 0 Å². The number of rotatable bonds is 11. The maximum absolute atomic E-state index is 14.5. The van der Waals surface area contributed by atoms with E-state index in [1.165, 1.54) is 24.1 Å². The van der Waals surface area contributed by atoms with Crippen LogP contribution in [0.1, 0.15) is 69.4 Å². The topological polar surface area (TPSA) is 147 Å². The van der Waals surface area contributed by atoms with Gasteiger partial charge in [0.05, 0.1) is 12.8 Å². The maximum atomic E-state index is 14.5. The van der Waals surface area contributed by atoms with Gasteiger partial charge in [-0.25, -0.2) is 0 Å². The molecule has 1 heterocycles. The van der Waals surface area contributed by atoms with Crippen LogP contribution < -0.4 is 26.0 Å². The molecule has 5 N–H and O–H groups in total. The quantitative estimate of drug-likeness (QED) is 0.178. The predicted molar refractivity (Wildman–Crippen MR) is 175 cm³/mol. The number of hydrogen-bond acceptors (Lipinski definition) is 8. The Balaban J connectivity index is 1.49. The molecule has 0 spiro atoms. The number of carbonyl (C=O) groups excluding carboxylic acids is 3. The SMILES string of the molecule is COc1ccc(N(C(=O)c2snc(C(=O)NC3CCCCC3)c2N)C(C(=O)NCCc2ccccc2)c2ccc(O)cc2)cc1. The van der Waals surface area contributed by atoms with Crippen LogP contribution in [0.4, 0.5) is 11.4 Å². The summed E-state index contributed by atoms with van der Waals surface area (Å²) in [5.41, 5.74) is 8.32. The number of nitrogens with two attached hydrogens (primary N) is 1. The number of ether oxygens (including phenoxy) is 1. The Bertz CT molecular complexity index is 1600. The number of benzene rings is 3. The fourth-order valence-electron chi connectivity index (χ4n) is 5.50. The summed E-state index contributed by atoms with van der Waals surface area (Å²) in [6.07, 6.45) is 5.61. The monoisotopic (exact) mass is 627 g/mol. The van der Waals surface area contributed by atoms with Gasteiger partial charge < -0.3 is 26.2 Å². The van der Waals surface area contributed by atoms with Crippen molar-refractivity contribution < 1.29 is 24.2 Å². The fourth-order valence-corrected chi connectivity index (χ4v) is 6.23. The van der Waals surface area contributed by atoms with Gasteiger partial charge >= 0.3 is 0 Å². The zero-order chi connectivity index (χ0) is 31.8. The van der Waals surface area contributed by atoms with Crippen molar-refractivity contribution in [3.05, 3.63) is 101 Å². The number of hydrogen-bond donors (Lipinski definition) is 4. The largest absolute Gasteiger partial charge is 0.508 e. The summed E-state index contributed by atoms with van der Waals surface area (Å²) in [5, 5.41) is 16.0. The zero-order valence-electron chi connectivity index (χ0n) is 25.1. The molecule has 1 aliphatic rings. The molecule has 1 atom stereocenters. The molecule has 0 saturated heterocycles. The molecule has 0 bridgehead atoms. The highest BCUT2D eigenvalue weighted by Gasteiger charge is 2.36. The van der Waals surface area contributed by atoms with E-state index < -0.39 is 23.8 Å². The first-order chi connectivity index (χ1) is 21.9. The van der Waals surface area contributed by atoms with E-state index in [0.29, 0.717) is 30.0 Å². The Hall–Kier alpha value is -4.90. The number of nitrogens with one attached hydrogen (secondary N) is 2. The summed E-state index contributed by atoms with van der Waals surface area (Å²) in [4.78, 5) is 43.0. The first-order valence-electron chi connectivity index (χ1n) is 15.0. The normalized spacial score (nSPS) is 13.9. The van der Waals surface area contributed by atoms with Gasteiger partial charge in [-0.2, -0.15) is 4.37 Å². The zero-order valence-corrected chi connectivity index (χ0v) is 25.9. The second-order valence-corrected chi connectivity index (χ2v) is 11.7. The number of phenols is 1. The third-order valence-electron chi connectivity index (χ3n) is 7.92. The van der Waals surface area contributed by atoms with Gasteiger partial charge in [0.1, 0.15) is 22.4 Å². The molecule has 234 valence electrons. The molecular weight excluding hydrogens is 590 g/mol. The molecule has 5 rings (SSSR count). The maximum Gasteiger partial charge on any atom is 0.273 e. The molecule has 45 heavy (non-hydrogen) atoms. The van der Waals surface area contributed by atoms with Crippen molar-refractivity contribution in [2.45, 2.75) is 50.6 Å². The van der Waals surface area contributed by atoms with Gasteiger partial charge in [0.15, 0.2) is 5.69 Å². The minimum Gasteiger partial charge on any atom is -0.508 e. The van der Waals surface area contributed by atoms with Gasteiger partial charge in [-0.05, 0) is 78.3 Å². The fraction of sp³-hybridized carbons (Fsp3) is 0.294. The summed E-state index contributed by atoms with van der Waals surface area (Å²) in [7, 11) is 1.54. The third-order valence-corrected chi connectivity index (χ3v) is 8.77. The van der Waals surface area contributed by atoms with Crippen LogP contribution in [0.15, 0.2) is 78.9 Å². The van der Waals surface area contributed by atoms with Crippen LogP contribution in [0.25, 0.3) is 0 Å². The van der Waals surface area contributed by atoms with E-state index in [4.69, 9.17) is 10.5 Å². The third kappa shape index (κ3) is 7.61. The minimum atomic E-state index is -1.15. The molecule has 1 aliphatic carbocycles. The van der Waals surface area contributed by atoms with E-state index >= 15 is 0 Å². The Morgan fingerprint density at radius 3 is 2.36 bits per heavy atom.